The van der Waals surface area contributed by atoms with Crippen LogP contribution in [0.15, 0.2) is 29.6 Å². The van der Waals surface area contributed by atoms with E-state index in [2.05, 4.69) is 23.3 Å². The number of carbonyl (C=O) groups is 1. The summed E-state index contributed by atoms with van der Waals surface area (Å²) in [5, 5.41) is 5.44. The Hall–Kier alpha value is -1.92. The van der Waals surface area contributed by atoms with Gasteiger partial charge in [0.1, 0.15) is 23.1 Å². The Labute approximate surface area is 146 Å². The predicted octanol–water partition coefficient (Wildman–Crippen LogP) is 3.19. The first-order chi connectivity index (χ1) is 11.7. The number of benzene rings is 1. The molecule has 1 fully saturated rings. The predicted molar refractivity (Wildman–Crippen MR) is 93.6 cm³/mol. The molecule has 5 nitrogen and oxygen atoms in total. The van der Waals surface area contributed by atoms with Crippen LogP contribution < -0.4 is 10.1 Å². The van der Waals surface area contributed by atoms with Crippen LogP contribution in [-0.4, -0.2) is 30.1 Å². The quantitative estimate of drug-likeness (QED) is 0.836. The lowest BCUT2D eigenvalue weighted by atomic mass is 10.2. The lowest BCUT2D eigenvalue weighted by Gasteiger charge is -2.09. The van der Waals surface area contributed by atoms with Crippen LogP contribution >= 0.6 is 11.3 Å². The second kappa shape index (κ2) is 8.26. The fourth-order valence-electron chi connectivity index (χ4n) is 2.58. The number of amides is 1. The van der Waals surface area contributed by atoms with Crippen molar-refractivity contribution in [2.45, 2.75) is 38.9 Å². The highest BCUT2D eigenvalue weighted by molar-refractivity contribution is 7.09. The van der Waals surface area contributed by atoms with E-state index in [0.29, 0.717) is 18.8 Å². The zero-order valence-electron chi connectivity index (χ0n) is 13.8. The number of ether oxygens (including phenoxy) is 2. The van der Waals surface area contributed by atoms with Crippen LogP contribution in [0.2, 0.25) is 0 Å². The number of carbonyl (C=O) groups excluding carboxylic acids is 1. The smallest absolute Gasteiger partial charge is 0.270 e. The van der Waals surface area contributed by atoms with Gasteiger partial charge in [-0.1, -0.05) is 19.1 Å². The lowest BCUT2D eigenvalue weighted by Crippen LogP contribution is -2.31. The summed E-state index contributed by atoms with van der Waals surface area (Å²) in [6, 6.07) is 8.03. The van der Waals surface area contributed by atoms with Crippen LogP contribution in [0, 0.1) is 0 Å². The largest absolute Gasteiger partial charge is 0.486 e. The number of nitrogens with one attached hydrogen (secondary N) is 1. The average molecular weight is 346 g/mol. The van der Waals surface area contributed by atoms with Crippen molar-refractivity contribution < 1.29 is 14.3 Å². The minimum atomic E-state index is -0.152. The molecule has 1 amide bonds. The van der Waals surface area contributed by atoms with Crippen molar-refractivity contribution in [3.63, 3.8) is 0 Å². The Bertz CT molecular complexity index is 680. The fraction of sp³-hybridized carbons (Fsp3) is 0.444. The summed E-state index contributed by atoms with van der Waals surface area (Å²) >= 11 is 1.44. The molecular formula is C18H22N2O3S. The van der Waals surface area contributed by atoms with Gasteiger partial charge in [0.2, 0.25) is 0 Å². The Morgan fingerprint density at radius 1 is 1.50 bits per heavy atom. The monoisotopic (exact) mass is 346 g/mol. The Morgan fingerprint density at radius 3 is 3.21 bits per heavy atom. The first-order valence-electron chi connectivity index (χ1n) is 8.30. The fourth-order valence-corrected chi connectivity index (χ4v) is 3.27. The molecule has 1 saturated heterocycles. The van der Waals surface area contributed by atoms with E-state index >= 15 is 0 Å². The lowest BCUT2D eigenvalue weighted by molar-refractivity contribution is 0.0854. The SMILES string of the molecule is CCc1cccc(OCc2nc(C(=O)NCC3CCCO3)cs2)c1. The molecule has 0 radical (unpaired) electrons. The number of rotatable bonds is 7. The van der Waals surface area contributed by atoms with Crippen molar-refractivity contribution in [3.05, 3.63) is 45.9 Å². The second-order valence-electron chi connectivity index (χ2n) is 5.76. The molecule has 24 heavy (non-hydrogen) atoms. The zero-order chi connectivity index (χ0) is 16.8. The molecule has 0 spiro atoms. The van der Waals surface area contributed by atoms with Crippen LogP contribution in [0.3, 0.4) is 0 Å². The highest BCUT2D eigenvalue weighted by Gasteiger charge is 2.17. The van der Waals surface area contributed by atoms with Gasteiger partial charge in [0.15, 0.2) is 0 Å². The molecule has 1 aromatic carbocycles. The maximum Gasteiger partial charge on any atom is 0.270 e. The van der Waals surface area contributed by atoms with E-state index in [4.69, 9.17) is 9.47 Å². The van der Waals surface area contributed by atoms with Crippen molar-refractivity contribution in [1.82, 2.24) is 10.3 Å². The van der Waals surface area contributed by atoms with Crippen molar-refractivity contribution in [2.24, 2.45) is 0 Å². The van der Waals surface area contributed by atoms with E-state index in [0.717, 1.165) is 36.6 Å². The maximum absolute atomic E-state index is 12.1. The van der Waals surface area contributed by atoms with Crippen molar-refractivity contribution >= 4 is 17.2 Å². The molecule has 1 aliphatic heterocycles. The van der Waals surface area contributed by atoms with Crippen LogP contribution in [0.1, 0.15) is 40.8 Å². The van der Waals surface area contributed by atoms with Gasteiger partial charge in [0.25, 0.3) is 5.91 Å². The summed E-state index contributed by atoms with van der Waals surface area (Å²) in [5.41, 5.74) is 1.68. The minimum Gasteiger partial charge on any atom is -0.486 e. The molecule has 2 heterocycles. The molecule has 6 heteroatoms. The topological polar surface area (TPSA) is 60.5 Å². The molecule has 1 aromatic heterocycles. The molecule has 1 aliphatic rings. The molecule has 3 rings (SSSR count). The minimum absolute atomic E-state index is 0.140. The van der Waals surface area contributed by atoms with Gasteiger partial charge >= 0.3 is 0 Å². The van der Waals surface area contributed by atoms with Crippen LogP contribution in [0.5, 0.6) is 5.75 Å². The maximum atomic E-state index is 12.1. The normalized spacial score (nSPS) is 17.0. The molecule has 1 atom stereocenters. The molecular weight excluding hydrogens is 324 g/mol. The van der Waals surface area contributed by atoms with Gasteiger partial charge in [-0.25, -0.2) is 4.98 Å². The summed E-state index contributed by atoms with van der Waals surface area (Å²) in [6.45, 7) is 3.82. The number of nitrogens with zero attached hydrogens (tertiary/aromatic N) is 1. The van der Waals surface area contributed by atoms with Crippen LogP contribution in [0.4, 0.5) is 0 Å². The summed E-state index contributed by atoms with van der Waals surface area (Å²) < 4.78 is 11.3. The van der Waals surface area contributed by atoms with E-state index in [1.54, 1.807) is 5.38 Å². The third-order valence-electron chi connectivity index (χ3n) is 3.97. The summed E-state index contributed by atoms with van der Waals surface area (Å²) in [4.78, 5) is 16.5. The van der Waals surface area contributed by atoms with Crippen LogP contribution in [-0.2, 0) is 17.8 Å². The third kappa shape index (κ3) is 4.55. The third-order valence-corrected chi connectivity index (χ3v) is 4.79. The number of aromatic nitrogens is 1. The zero-order valence-corrected chi connectivity index (χ0v) is 14.6. The van der Waals surface area contributed by atoms with Crippen molar-refractivity contribution in [2.75, 3.05) is 13.2 Å². The molecule has 1 N–H and O–H groups in total. The molecule has 128 valence electrons. The van der Waals surface area contributed by atoms with Crippen molar-refractivity contribution in [3.8, 4) is 5.75 Å². The van der Waals surface area contributed by atoms with Gasteiger partial charge in [0, 0.05) is 18.5 Å². The van der Waals surface area contributed by atoms with E-state index in [9.17, 15) is 4.79 Å². The van der Waals surface area contributed by atoms with Gasteiger partial charge in [-0.3, -0.25) is 4.79 Å². The molecule has 1 unspecified atom stereocenters. The standard InChI is InChI=1S/C18H22N2O3S/c1-2-13-5-3-6-14(9-13)23-11-17-20-16(12-24-17)18(21)19-10-15-7-4-8-22-15/h3,5-6,9,12,15H,2,4,7-8,10-11H2,1H3,(H,19,21). The number of thiazole rings is 1. The first-order valence-corrected chi connectivity index (χ1v) is 9.18. The van der Waals surface area contributed by atoms with E-state index < -0.39 is 0 Å². The summed E-state index contributed by atoms with van der Waals surface area (Å²) in [7, 11) is 0. The average Bonchev–Trinajstić information content (AvgIpc) is 3.30. The molecule has 0 bridgehead atoms. The number of aryl methyl sites for hydroxylation is 1. The van der Waals surface area contributed by atoms with Crippen molar-refractivity contribution in [1.29, 1.82) is 0 Å². The Balaban J connectivity index is 1.50. The number of hydrogen-bond acceptors (Lipinski definition) is 5. The summed E-state index contributed by atoms with van der Waals surface area (Å²) in [6.07, 6.45) is 3.19. The molecule has 0 saturated carbocycles. The number of hydrogen-bond donors (Lipinski definition) is 1. The second-order valence-corrected chi connectivity index (χ2v) is 6.70. The summed E-state index contributed by atoms with van der Waals surface area (Å²) in [5.74, 6) is 0.676. The van der Waals surface area contributed by atoms with E-state index in [-0.39, 0.29) is 12.0 Å². The Morgan fingerprint density at radius 2 is 2.42 bits per heavy atom. The van der Waals surface area contributed by atoms with E-state index in [1.165, 1.54) is 16.9 Å². The van der Waals surface area contributed by atoms with Gasteiger partial charge in [0.05, 0.1) is 6.10 Å². The first kappa shape index (κ1) is 16.9. The van der Waals surface area contributed by atoms with Gasteiger partial charge in [-0.15, -0.1) is 11.3 Å². The highest BCUT2D eigenvalue weighted by Crippen LogP contribution is 2.17. The molecule has 0 aliphatic carbocycles. The van der Waals surface area contributed by atoms with E-state index in [1.807, 2.05) is 18.2 Å². The highest BCUT2D eigenvalue weighted by atomic mass is 32.1. The van der Waals surface area contributed by atoms with Crippen LogP contribution in [0.25, 0.3) is 0 Å². The van der Waals surface area contributed by atoms with Gasteiger partial charge in [-0.05, 0) is 37.0 Å². The van der Waals surface area contributed by atoms with Gasteiger partial charge in [-0.2, -0.15) is 0 Å². The molecule has 2 aromatic rings. The Kier molecular flexibility index (Phi) is 5.82. The van der Waals surface area contributed by atoms with Gasteiger partial charge < -0.3 is 14.8 Å².